The fourth-order valence-corrected chi connectivity index (χ4v) is 13.5. The number of rotatable bonds is 14. The normalized spacial score (nSPS) is 20.5. The number of fused-ring (bicyclic) bond motifs is 1. The van der Waals surface area contributed by atoms with Crippen molar-refractivity contribution in [2.45, 2.75) is 71.3 Å². The van der Waals surface area contributed by atoms with E-state index < -0.39 is 32.2 Å². The Labute approximate surface area is 311 Å². The quantitative estimate of drug-likeness (QED) is 0.0817. The van der Waals surface area contributed by atoms with Crippen molar-refractivity contribution in [2.24, 2.45) is 17.8 Å². The van der Waals surface area contributed by atoms with Crippen LogP contribution < -0.4 is 10.4 Å². The molecule has 0 saturated carbocycles. The summed E-state index contributed by atoms with van der Waals surface area (Å²) in [4.78, 5) is 30.4. The van der Waals surface area contributed by atoms with E-state index in [4.69, 9.17) is 8.84 Å². The standard InChI is InChI=1S/C42H49NO7SSi/c1-28(22-30-18-19-31(25-44)50-30)17-20-37(46)38-29(23-35-39(36(38)26-45)41(48)43(40(35)47)24-32-12-11-21-51-32)27-49-52(42(2,3)4,33-13-7-5-8-14-33)34-15-9-6-10-16-34/h5-16,18-19,21-22,35-37,39,44-46H,17,20,23-27H2,1-4H3/b28-22+/t35-,36+,37-,39-/m1/s1. The molecule has 0 spiro atoms. The number of carbonyl (C=O) groups excluding carboxylic acids is 2. The molecule has 1 aliphatic carbocycles. The van der Waals surface area contributed by atoms with Crippen LogP contribution in [0.3, 0.4) is 0 Å². The van der Waals surface area contributed by atoms with Crippen LogP contribution in [-0.4, -0.2) is 59.7 Å². The maximum atomic E-state index is 14.1. The van der Waals surface area contributed by atoms with Gasteiger partial charge in [-0.25, -0.2) is 0 Å². The Hall–Kier alpha value is -3.90. The molecule has 2 aliphatic rings. The number of hydrogen-bond donors (Lipinski definition) is 3. The Kier molecular flexibility index (Phi) is 11.6. The fourth-order valence-electron chi connectivity index (χ4n) is 8.22. The van der Waals surface area contributed by atoms with Gasteiger partial charge < -0.3 is 24.2 Å². The third-order valence-electron chi connectivity index (χ3n) is 10.6. The van der Waals surface area contributed by atoms with Gasteiger partial charge in [-0.3, -0.25) is 14.5 Å². The van der Waals surface area contributed by atoms with Gasteiger partial charge in [0.2, 0.25) is 11.8 Å². The van der Waals surface area contributed by atoms with Crippen molar-refractivity contribution >= 4 is 47.9 Å². The average Bonchev–Trinajstić information content (AvgIpc) is 3.89. The van der Waals surface area contributed by atoms with Gasteiger partial charge in [0, 0.05) is 10.8 Å². The number of aliphatic hydroxyl groups is 3. The molecule has 4 aromatic rings. The van der Waals surface area contributed by atoms with Crippen LogP contribution in [0.25, 0.3) is 6.08 Å². The number of aliphatic hydroxyl groups excluding tert-OH is 3. The van der Waals surface area contributed by atoms with Crippen molar-refractivity contribution in [1.82, 2.24) is 4.90 Å². The second-order valence-electron chi connectivity index (χ2n) is 15.0. The second kappa shape index (κ2) is 16.0. The number of amides is 2. The highest BCUT2D eigenvalue weighted by molar-refractivity contribution is 7.09. The summed E-state index contributed by atoms with van der Waals surface area (Å²) < 4.78 is 13.0. The first-order chi connectivity index (χ1) is 25.0. The molecule has 1 saturated heterocycles. The van der Waals surface area contributed by atoms with Gasteiger partial charge in [0.25, 0.3) is 8.32 Å². The molecule has 1 fully saturated rings. The van der Waals surface area contributed by atoms with Crippen molar-refractivity contribution < 1.29 is 33.8 Å². The highest BCUT2D eigenvalue weighted by atomic mass is 32.1. The molecule has 2 aromatic carbocycles. The summed E-state index contributed by atoms with van der Waals surface area (Å²) >= 11 is 1.50. The lowest BCUT2D eigenvalue weighted by Gasteiger charge is -2.44. The van der Waals surface area contributed by atoms with Crippen molar-refractivity contribution in [2.75, 3.05) is 13.2 Å². The summed E-state index contributed by atoms with van der Waals surface area (Å²) in [5.41, 5.74) is 2.35. The maximum absolute atomic E-state index is 14.1. The van der Waals surface area contributed by atoms with Gasteiger partial charge in [0.15, 0.2) is 0 Å². The molecule has 1 aliphatic heterocycles. The molecule has 2 aromatic heterocycles. The number of imide groups is 1. The van der Waals surface area contributed by atoms with Crippen LogP contribution in [0.1, 0.15) is 63.4 Å². The Morgan fingerprint density at radius 2 is 1.65 bits per heavy atom. The average molecular weight is 740 g/mol. The number of allylic oxidation sites excluding steroid dienone is 1. The van der Waals surface area contributed by atoms with Crippen molar-refractivity contribution in [3.63, 3.8) is 0 Å². The van der Waals surface area contributed by atoms with Crippen LogP contribution >= 0.6 is 11.3 Å². The molecule has 0 radical (unpaired) electrons. The van der Waals surface area contributed by atoms with Crippen LogP contribution in [0, 0.1) is 17.8 Å². The van der Waals surface area contributed by atoms with E-state index in [0.29, 0.717) is 29.9 Å². The Bertz CT molecular complexity index is 1860. The van der Waals surface area contributed by atoms with Gasteiger partial charge in [-0.15, -0.1) is 11.3 Å². The lowest BCUT2D eigenvalue weighted by Crippen LogP contribution is -2.66. The molecular weight excluding hydrogens is 691 g/mol. The monoisotopic (exact) mass is 739 g/mol. The van der Waals surface area contributed by atoms with Gasteiger partial charge in [-0.1, -0.05) is 93.1 Å². The first-order valence-electron chi connectivity index (χ1n) is 18.0. The Morgan fingerprint density at radius 1 is 0.981 bits per heavy atom. The SMILES string of the molecule is C/C(=C\c1ccc(CO)o1)CC[C@@H](O)C1=C(CO[Si](c2ccccc2)(c2ccccc2)C(C)(C)C)C[C@H]2C(=O)N(Cc3cccs3)C(=O)[C@H]2[C@H]1CO. The highest BCUT2D eigenvalue weighted by Crippen LogP contribution is 2.47. The zero-order valence-corrected chi connectivity index (χ0v) is 32.1. The maximum Gasteiger partial charge on any atom is 0.261 e. The van der Waals surface area contributed by atoms with Gasteiger partial charge in [-0.05, 0) is 82.4 Å². The third-order valence-corrected chi connectivity index (χ3v) is 16.5. The highest BCUT2D eigenvalue weighted by Gasteiger charge is 2.56. The van der Waals surface area contributed by atoms with E-state index in [-0.39, 0.29) is 49.6 Å². The molecule has 0 unspecified atom stereocenters. The predicted octanol–water partition coefficient (Wildman–Crippen LogP) is 6.06. The van der Waals surface area contributed by atoms with Crippen molar-refractivity contribution in [1.29, 1.82) is 0 Å². The molecule has 4 atom stereocenters. The van der Waals surface area contributed by atoms with Crippen molar-refractivity contribution in [3.8, 4) is 0 Å². The minimum absolute atomic E-state index is 0.150. The third kappa shape index (κ3) is 7.46. The van der Waals surface area contributed by atoms with Crippen LogP contribution in [-0.2, 0) is 27.2 Å². The number of likely N-dealkylation sites (tertiary alicyclic amines) is 1. The molecular formula is C42H49NO7SSi. The van der Waals surface area contributed by atoms with Crippen LogP contribution in [0.15, 0.2) is 111 Å². The first-order valence-corrected chi connectivity index (χ1v) is 20.8. The summed E-state index contributed by atoms with van der Waals surface area (Å²) in [6, 6.07) is 28.0. The lowest BCUT2D eigenvalue weighted by atomic mass is 9.68. The molecule has 8 nitrogen and oxygen atoms in total. The van der Waals surface area contributed by atoms with Crippen LogP contribution in [0.4, 0.5) is 0 Å². The Balaban J connectivity index is 1.39. The molecule has 274 valence electrons. The molecule has 6 rings (SSSR count). The number of thiophene rings is 1. The first kappa shape index (κ1) is 37.8. The summed E-state index contributed by atoms with van der Waals surface area (Å²) in [5.74, 6) is -1.61. The van der Waals surface area contributed by atoms with E-state index in [0.717, 1.165) is 26.4 Å². The molecule has 3 N–H and O–H groups in total. The fraction of sp³-hybridized carbons (Fsp3) is 0.381. The van der Waals surface area contributed by atoms with Gasteiger partial charge in [0.05, 0.1) is 37.7 Å². The van der Waals surface area contributed by atoms with Gasteiger partial charge in [-0.2, -0.15) is 0 Å². The second-order valence-corrected chi connectivity index (χ2v) is 20.3. The van der Waals surface area contributed by atoms with E-state index >= 15 is 0 Å². The molecule has 52 heavy (non-hydrogen) atoms. The zero-order chi connectivity index (χ0) is 37.0. The number of nitrogens with zero attached hydrogens (tertiary/aromatic N) is 1. The molecule has 3 heterocycles. The summed E-state index contributed by atoms with van der Waals surface area (Å²) in [6.45, 7) is 8.35. The largest absolute Gasteiger partial charge is 0.459 e. The van der Waals surface area contributed by atoms with Crippen LogP contribution in [0.5, 0.6) is 0 Å². The van der Waals surface area contributed by atoms with Crippen LogP contribution in [0.2, 0.25) is 5.04 Å². The minimum atomic E-state index is -3.01. The van der Waals surface area contributed by atoms with Gasteiger partial charge >= 0.3 is 0 Å². The Morgan fingerprint density at radius 3 is 2.21 bits per heavy atom. The lowest BCUT2D eigenvalue weighted by molar-refractivity contribution is -0.140. The van der Waals surface area contributed by atoms with Gasteiger partial charge in [0.1, 0.15) is 18.1 Å². The molecule has 2 amide bonds. The summed E-state index contributed by atoms with van der Waals surface area (Å²) in [7, 11) is -3.01. The molecule has 10 heteroatoms. The number of carbonyl (C=O) groups is 2. The van der Waals surface area contributed by atoms with E-state index in [1.807, 2.05) is 66.9 Å². The van der Waals surface area contributed by atoms with E-state index in [1.165, 1.54) is 16.2 Å². The topological polar surface area (TPSA) is 120 Å². The number of hydrogen-bond acceptors (Lipinski definition) is 8. The van der Waals surface area contributed by atoms with E-state index in [9.17, 15) is 24.9 Å². The smallest absolute Gasteiger partial charge is 0.261 e. The number of benzene rings is 2. The summed E-state index contributed by atoms with van der Waals surface area (Å²) in [5, 5.41) is 36.3. The summed E-state index contributed by atoms with van der Waals surface area (Å²) in [6.07, 6.45) is 2.02. The van der Waals surface area contributed by atoms with Crippen molar-refractivity contribution in [3.05, 3.63) is 123 Å². The van der Waals surface area contributed by atoms with E-state index in [1.54, 1.807) is 12.1 Å². The predicted molar refractivity (Wildman–Crippen MR) is 206 cm³/mol. The molecule has 0 bridgehead atoms. The van der Waals surface area contributed by atoms with E-state index in [2.05, 4.69) is 45.0 Å². The zero-order valence-electron chi connectivity index (χ0n) is 30.3. The number of furan rings is 1. The minimum Gasteiger partial charge on any atom is -0.459 e.